The average Bonchev–Trinajstić information content (AvgIpc) is 2.84. The summed E-state index contributed by atoms with van der Waals surface area (Å²) in [5.74, 6) is 0. The molecule has 2 saturated heterocycles. The van der Waals surface area contributed by atoms with Crippen molar-refractivity contribution in [1.82, 2.24) is 20.4 Å². The van der Waals surface area contributed by atoms with E-state index in [1.807, 2.05) is 11.8 Å². The first-order valence-electron chi connectivity index (χ1n) is 7.47. The molecule has 1 aromatic heterocycles. The maximum absolute atomic E-state index is 12.8. The van der Waals surface area contributed by atoms with Crippen molar-refractivity contribution in [2.24, 2.45) is 0 Å². The number of nitrogens with one attached hydrogen (secondary N) is 2. The number of piperidine rings is 1. The Balaban J connectivity index is 0.00000176. The molecule has 2 aliphatic rings. The van der Waals surface area contributed by atoms with Crippen LogP contribution in [-0.2, 0) is 4.74 Å². The summed E-state index contributed by atoms with van der Waals surface area (Å²) in [6, 6.07) is 0. The van der Waals surface area contributed by atoms with Crippen molar-refractivity contribution in [3.8, 4) is 0 Å². The Morgan fingerprint density at radius 1 is 1.45 bits per heavy atom. The van der Waals surface area contributed by atoms with Crippen LogP contribution in [0.1, 0.15) is 30.2 Å². The molecule has 22 heavy (non-hydrogen) atoms. The van der Waals surface area contributed by atoms with Gasteiger partial charge in [0.2, 0.25) is 0 Å². The molecule has 2 fully saturated rings. The van der Waals surface area contributed by atoms with E-state index in [1.54, 1.807) is 6.20 Å². The maximum Gasteiger partial charge on any atom is 0.251 e. The van der Waals surface area contributed by atoms with E-state index in [2.05, 4.69) is 15.5 Å². The molecule has 0 saturated carbocycles. The summed E-state index contributed by atoms with van der Waals surface area (Å²) in [5.41, 5.74) is 1.61. The second kappa shape index (κ2) is 7.21. The third kappa shape index (κ3) is 3.76. The van der Waals surface area contributed by atoms with E-state index in [1.165, 1.54) is 0 Å². The number of hydrogen-bond acceptors (Lipinski definition) is 4. The predicted molar refractivity (Wildman–Crippen MR) is 81.7 cm³/mol. The smallest absolute Gasteiger partial charge is 0.251 e. The summed E-state index contributed by atoms with van der Waals surface area (Å²) < 4.78 is 32.0. The van der Waals surface area contributed by atoms with Crippen LogP contribution in [0, 0.1) is 6.92 Å². The largest absolute Gasteiger partial charge is 0.363 e. The lowest BCUT2D eigenvalue weighted by Gasteiger charge is -2.48. The van der Waals surface area contributed by atoms with Crippen molar-refractivity contribution in [3.63, 3.8) is 0 Å². The van der Waals surface area contributed by atoms with Gasteiger partial charge in [0.05, 0.1) is 24.0 Å². The van der Waals surface area contributed by atoms with E-state index in [0.717, 1.165) is 37.2 Å². The van der Waals surface area contributed by atoms with Gasteiger partial charge in [-0.25, -0.2) is 8.78 Å². The van der Waals surface area contributed by atoms with Gasteiger partial charge in [-0.2, -0.15) is 5.10 Å². The van der Waals surface area contributed by atoms with Gasteiger partial charge in [0.1, 0.15) is 6.10 Å². The van der Waals surface area contributed by atoms with Gasteiger partial charge >= 0.3 is 0 Å². The Kier molecular flexibility index (Phi) is 5.76. The number of halogens is 3. The van der Waals surface area contributed by atoms with Crippen molar-refractivity contribution < 1.29 is 13.5 Å². The first kappa shape index (κ1) is 17.6. The summed E-state index contributed by atoms with van der Waals surface area (Å²) in [5, 5.41) is 10.3. The van der Waals surface area contributed by atoms with E-state index < -0.39 is 6.43 Å². The number of rotatable bonds is 3. The van der Waals surface area contributed by atoms with Crippen LogP contribution in [0.25, 0.3) is 0 Å². The number of morpholine rings is 1. The van der Waals surface area contributed by atoms with Crippen LogP contribution in [0.3, 0.4) is 0 Å². The second-order valence-corrected chi connectivity index (χ2v) is 6.09. The molecule has 1 spiro atoms. The molecule has 5 nitrogen and oxygen atoms in total. The molecule has 0 bridgehead atoms. The molecule has 8 heteroatoms. The molecule has 126 valence electrons. The zero-order chi connectivity index (χ0) is 14.9. The lowest BCUT2D eigenvalue weighted by Crippen LogP contribution is -2.57. The van der Waals surface area contributed by atoms with E-state index in [9.17, 15) is 8.78 Å². The van der Waals surface area contributed by atoms with Crippen molar-refractivity contribution in [1.29, 1.82) is 0 Å². The highest BCUT2D eigenvalue weighted by Gasteiger charge is 2.43. The van der Waals surface area contributed by atoms with Crippen LogP contribution in [0.5, 0.6) is 0 Å². The molecular formula is C14H23ClF2N4O. The fourth-order valence-corrected chi connectivity index (χ4v) is 3.41. The fraction of sp³-hybridized carbons (Fsp3) is 0.786. The highest BCUT2D eigenvalue weighted by Crippen LogP contribution is 2.36. The van der Waals surface area contributed by atoms with Gasteiger partial charge in [0, 0.05) is 13.1 Å². The molecule has 0 amide bonds. The SMILES string of the molecule is Cc1cn[nH]c1C1CN(CC(F)F)CC2(CCNCC2)O1.Cl. The van der Waals surface area contributed by atoms with Crippen molar-refractivity contribution in [2.75, 3.05) is 32.7 Å². The molecule has 0 aromatic carbocycles. The lowest BCUT2D eigenvalue weighted by molar-refractivity contribution is -0.175. The van der Waals surface area contributed by atoms with Crippen molar-refractivity contribution in [2.45, 2.75) is 37.9 Å². The highest BCUT2D eigenvalue weighted by atomic mass is 35.5. The van der Waals surface area contributed by atoms with Crippen LogP contribution in [-0.4, -0.2) is 59.8 Å². The first-order valence-corrected chi connectivity index (χ1v) is 7.47. The van der Waals surface area contributed by atoms with Crippen molar-refractivity contribution >= 4 is 12.4 Å². The van der Waals surface area contributed by atoms with Gasteiger partial charge in [-0.15, -0.1) is 12.4 Å². The highest BCUT2D eigenvalue weighted by molar-refractivity contribution is 5.85. The number of aromatic nitrogens is 2. The topological polar surface area (TPSA) is 53.2 Å². The third-order valence-corrected chi connectivity index (χ3v) is 4.43. The van der Waals surface area contributed by atoms with E-state index in [0.29, 0.717) is 13.1 Å². The van der Waals surface area contributed by atoms with Crippen LogP contribution in [0.4, 0.5) is 8.78 Å². The van der Waals surface area contributed by atoms with E-state index >= 15 is 0 Å². The average molecular weight is 337 g/mol. The Hall–Kier alpha value is -0.760. The Morgan fingerprint density at radius 3 is 2.77 bits per heavy atom. The van der Waals surface area contributed by atoms with Gasteiger partial charge in [-0.05, 0) is 38.4 Å². The molecule has 1 aromatic rings. The number of aromatic amines is 1. The van der Waals surface area contributed by atoms with Crippen LogP contribution in [0.2, 0.25) is 0 Å². The molecular weight excluding hydrogens is 314 g/mol. The molecule has 2 N–H and O–H groups in total. The van der Waals surface area contributed by atoms with Crippen molar-refractivity contribution in [3.05, 3.63) is 17.5 Å². The van der Waals surface area contributed by atoms with E-state index in [-0.39, 0.29) is 30.7 Å². The molecule has 3 rings (SSSR count). The van der Waals surface area contributed by atoms with Crippen LogP contribution >= 0.6 is 12.4 Å². The zero-order valence-corrected chi connectivity index (χ0v) is 13.5. The van der Waals surface area contributed by atoms with Gasteiger partial charge in [-0.1, -0.05) is 0 Å². The zero-order valence-electron chi connectivity index (χ0n) is 12.6. The minimum Gasteiger partial charge on any atom is -0.363 e. The monoisotopic (exact) mass is 336 g/mol. The number of hydrogen-bond donors (Lipinski definition) is 2. The molecule has 2 aliphatic heterocycles. The Bertz CT molecular complexity index is 479. The minimum atomic E-state index is -2.31. The number of ether oxygens (including phenoxy) is 1. The van der Waals surface area contributed by atoms with Gasteiger partial charge < -0.3 is 10.1 Å². The number of alkyl halides is 2. The quantitative estimate of drug-likeness (QED) is 0.885. The normalized spacial score (nSPS) is 25.4. The van der Waals surface area contributed by atoms with Crippen LogP contribution < -0.4 is 5.32 Å². The number of aryl methyl sites for hydroxylation is 1. The molecule has 3 heterocycles. The summed E-state index contributed by atoms with van der Waals surface area (Å²) in [6.07, 6.45) is 0.940. The Morgan fingerprint density at radius 2 is 2.18 bits per heavy atom. The summed E-state index contributed by atoms with van der Waals surface area (Å²) in [6.45, 7) is 4.59. The molecule has 1 unspecified atom stereocenters. The maximum atomic E-state index is 12.8. The molecule has 0 aliphatic carbocycles. The third-order valence-electron chi connectivity index (χ3n) is 4.43. The van der Waals surface area contributed by atoms with Crippen LogP contribution in [0.15, 0.2) is 6.20 Å². The number of nitrogens with zero attached hydrogens (tertiary/aromatic N) is 2. The van der Waals surface area contributed by atoms with Gasteiger partial charge in [0.25, 0.3) is 6.43 Å². The standard InChI is InChI=1S/C14H22F2N4O.ClH/c1-10-6-18-19-13(10)11-7-20(8-12(15)16)9-14(21-11)2-4-17-5-3-14;/h6,11-12,17H,2-5,7-9H2,1H3,(H,18,19);1H. The summed E-state index contributed by atoms with van der Waals surface area (Å²) in [4.78, 5) is 1.84. The lowest BCUT2D eigenvalue weighted by atomic mass is 9.89. The van der Waals surface area contributed by atoms with E-state index in [4.69, 9.17) is 4.74 Å². The molecule has 0 radical (unpaired) electrons. The Labute approximate surface area is 135 Å². The van der Waals surface area contributed by atoms with Gasteiger partial charge in [-0.3, -0.25) is 10.00 Å². The summed E-state index contributed by atoms with van der Waals surface area (Å²) >= 11 is 0. The predicted octanol–water partition coefficient (Wildman–Crippen LogP) is 1.90. The fourth-order valence-electron chi connectivity index (χ4n) is 3.41. The van der Waals surface area contributed by atoms with Gasteiger partial charge in [0.15, 0.2) is 0 Å². The second-order valence-electron chi connectivity index (χ2n) is 6.09. The first-order chi connectivity index (χ1) is 10.1. The minimum absolute atomic E-state index is 0. The molecule has 1 atom stereocenters. The number of H-pyrrole nitrogens is 1. The summed E-state index contributed by atoms with van der Waals surface area (Å²) in [7, 11) is 0.